The Hall–Kier alpha value is -3.40. The van der Waals surface area contributed by atoms with Crippen LogP contribution in [0.15, 0.2) is 4.52 Å². The molecule has 1 spiro atoms. The highest BCUT2D eigenvalue weighted by atomic mass is 32.1. The Labute approximate surface area is 286 Å². The van der Waals surface area contributed by atoms with Crippen molar-refractivity contribution in [3.05, 3.63) is 27.3 Å². The molecule has 6 heterocycles. The molecule has 9 rings (SSSR count). The maximum absolute atomic E-state index is 10.2. The quantitative estimate of drug-likeness (QED) is 0.320. The Kier molecular flexibility index (Phi) is 7.59. The van der Waals surface area contributed by atoms with Crippen molar-refractivity contribution in [2.24, 2.45) is 5.41 Å². The first-order valence-corrected chi connectivity index (χ1v) is 19.0. The van der Waals surface area contributed by atoms with Crippen LogP contribution in [-0.2, 0) is 23.0 Å². The summed E-state index contributed by atoms with van der Waals surface area (Å²) in [5, 5.41) is 15.6. The molecule has 0 aromatic carbocycles. The van der Waals surface area contributed by atoms with Gasteiger partial charge in [-0.3, -0.25) is 0 Å². The van der Waals surface area contributed by atoms with Gasteiger partial charge in [-0.05, 0) is 103 Å². The summed E-state index contributed by atoms with van der Waals surface area (Å²) in [7, 11) is 0. The molecule has 3 aliphatic heterocycles. The number of anilines is 3. The lowest BCUT2D eigenvalue weighted by atomic mass is 9.62. The molecule has 11 nitrogen and oxygen atoms in total. The molecule has 0 bridgehead atoms. The Morgan fingerprint density at radius 3 is 2.67 bits per heavy atom. The molecule has 1 saturated carbocycles. The summed E-state index contributed by atoms with van der Waals surface area (Å²) < 4.78 is 19.1. The van der Waals surface area contributed by atoms with Crippen LogP contribution in [0.2, 0.25) is 0 Å². The van der Waals surface area contributed by atoms with Gasteiger partial charge in [-0.25, -0.2) is 4.98 Å². The van der Waals surface area contributed by atoms with Gasteiger partial charge in [-0.15, -0.1) is 11.3 Å². The lowest BCUT2D eigenvalue weighted by Crippen LogP contribution is -2.43. The SMILES string of the molecule is CCN1CN([C@@H]2CCCOC2)c2nc(-c3onc4c3CCC[C@@]43CCCc4sc(N)c(C#N)c43)nc(OCC3(CN4CCCC4)CC3)c21. The summed E-state index contributed by atoms with van der Waals surface area (Å²) in [5.74, 6) is 2.74. The highest BCUT2D eigenvalue weighted by Gasteiger charge is 2.49. The topological polar surface area (TPSA) is 130 Å². The fraction of sp³-hybridized carbons (Fsp3) is 0.667. The summed E-state index contributed by atoms with van der Waals surface area (Å²) >= 11 is 1.57. The average molecular weight is 671 g/mol. The summed E-state index contributed by atoms with van der Waals surface area (Å²) in [5.41, 5.74) is 11.0. The number of nitriles is 1. The summed E-state index contributed by atoms with van der Waals surface area (Å²) in [6, 6.07) is 2.69. The van der Waals surface area contributed by atoms with E-state index in [1.165, 1.54) is 43.6 Å². The molecule has 2 atom stereocenters. The third-order valence-electron chi connectivity index (χ3n) is 12.0. The van der Waals surface area contributed by atoms with Gasteiger partial charge >= 0.3 is 0 Å². The van der Waals surface area contributed by atoms with Crippen LogP contribution in [0.1, 0.15) is 98.4 Å². The van der Waals surface area contributed by atoms with Crippen molar-refractivity contribution in [2.45, 2.75) is 95.4 Å². The number of nitrogens with two attached hydrogens (primary N) is 1. The zero-order chi connectivity index (χ0) is 32.5. The van der Waals surface area contributed by atoms with E-state index in [4.69, 9.17) is 34.9 Å². The van der Waals surface area contributed by atoms with Crippen LogP contribution in [0, 0.1) is 16.7 Å². The van der Waals surface area contributed by atoms with Gasteiger partial charge in [0.2, 0.25) is 17.5 Å². The number of aryl methyl sites for hydroxylation is 1. The van der Waals surface area contributed by atoms with Crippen molar-refractivity contribution < 1.29 is 14.0 Å². The van der Waals surface area contributed by atoms with Crippen molar-refractivity contribution >= 4 is 27.8 Å². The van der Waals surface area contributed by atoms with E-state index in [-0.39, 0.29) is 16.9 Å². The fourth-order valence-corrected chi connectivity index (χ4v) is 10.5. The average Bonchev–Trinajstić information content (AvgIpc) is 3.54. The molecule has 0 radical (unpaired) electrons. The predicted octanol–water partition coefficient (Wildman–Crippen LogP) is 5.64. The number of hydrogen-bond donors (Lipinski definition) is 1. The molecule has 3 aromatic rings. The van der Waals surface area contributed by atoms with Gasteiger partial charge in [-0.2, -0.15) is 10.2 Å². The smallest absolute Gasteiger partial charge is 0.243 e. The zero-order valence-corrected chi connectivity index (χ0v) is 28.9. The number of fused-ring (bicyclic) bond motifs is 5. The van der Waals surface area contributed by atoms with E-state index in [2.05, 4.69) is 27.7 Å². The third-order valence-corrected chi connectivity index (χ3v) is 13.1. The van der Waals surface area contributed by atoms with E-state index in [1.54, 1.807) is 11.3 Å². The molecule has 3 aromatic heterocycles. The van der Waals surface area contributed by atoms with Gasteiger partial charge in [0.1, 0.15) is 16.8 Å². The largest absolute Gasteiger partial charge is 0.475 e. The van der Waals surface area contributed by atoms with Crippen molar-refractivity contribution in [1.82, 2.24) is 20.0 Å². The predicted molar refractivity (Wildman–Crippen MR) is 185 cm³/mol. The summed E-state index contributed by atoms with van der Waals surface area (Å²) in [6.45, 7) is 9.44. The van der Waals surface area contributed by atoms with Crippen LogP contribution in [0.4, 0.5) is 16.5 Å². The van der Waals surface area contributed by atoms with Gasteiger partial charge < -0.3 is 34.4 Å². The Morgan fingerprint density at radius 2 is 1.92 bits per heavy atom. The molecule has 3 aliphatic carbocycles. The summed E-state index contributed by atoms with van der Waals surface area (Å²) in [4.78, 5) is 19.1. The standard InChI is InChI=1S/C36H46N8O3S/c1-2-43-22-44(23-8-7-17-45-19-23)33-28(43)34(46-21-35(13-14-35)20-42-15-3-4-16-42)40-32(39-33)29-24-9-5-11-36(30(24)41-47-29)12-6-10-26-27(36)25(18-37)31(38)48-26/h23H,2-17,19-22,38H2,1H3/t23-,36+/m1/s1. The van der Waals surface area contributed by atoms with Crippen molar-refractivity contribution in [2.75, 3.05) is 68.2 Å². The molecule has 48 heavy (non-hydrogen) atoms. The monoisotopic (exact) mass is 670 g/mol. The number of aromatic nitrogens is 3. The number of ether oxygens (including phenoxy) is 2. The normalized spacial score (nSPS) is 26.0. The minimum Gasteiger partial charge on any atom is -0.475 e. The van der Waals surface area contributed by atoms with Crippen LogP contribution in [-0.4, -0.2) is 78.7 Å². The lowest BCUT2D eigenvalue weighted by molar-refractivity contribution is 0.0795. The molecule has 12 heteroatoms. The molecule has 2 N–H and O–H groups in total. The zero-order valence-electron chi connectivity index (χ0n) is 28.1. The number of rotatable bonds is 8. The number of hydrogen-bond acceptors (Lipinski definition) is 12. The summed E-state index contributed by atoms with van der Waals surface area (Å²) in [6.07, 6.45) is 12.8. The van der Waals surface area contributed by atoms with E-state index in [0.29, 0.717) is 41.2 Å². The van der Waals surface area contributed by atoms with Gasteiger partial charge in [-0.1, -0.05) is 5.16 Å². The third kappa shape index (κ3) is 4.90. The van der Waals surface area contributed by atoms with E-state index in [0.717, 1.165) is 106 Å². The van der Waals surface area contributed by atoms with Crippen LogP contribution < -0.4 is 20.3 Å². The molecular formula is C36H46N8O3S. The second kappa shape index (κ2) is 11.9. The number of nitrogen functional groups attached to an aromatic ring is 1. The first-order chi connectivity index (χ1) is 23.5. The van der Waals surface area contributed by atoms with Gasteiger partial charge in [0.05, 0.1) is 37.2 Å². The molecule has 0 amide bonds. The minimum atomic E-state index is -0.365. The Morgan fingerprint density at radius 1 is 1.08 bits per heavy atom. The fourth-order valence-electron chi connectivity index (χ4n) is 9.33. The van der Waals surface area contributed by atoms with Gasteiger partial charge in [0.25, 0.3) is 0 Å². The highest BCUT2D eigenvalue weighted by molar-refractivity contribution is 7.16. The van der Waals surface area contributed by atoms with Crippen molar-refractivity contribution in [3.8, 4) is 23.5 Å². The molecule has 254 valence electrons. The van der Waals surface area contributed by atoms with Crippen LogP contribution in [0.25, 0.3) is 11.6 Å². The first kappa shape index (κ1) is 30.6. The molecule has 6 aliphatic rings. The number of nitrogens with zero attached hydrogens (tertiary/aromatic N) is 7. The maximum atomic E-state index is 10.2. The molecule has 2 saturated heterocycles. The Bertz CT molecular complexity index is 1740. The van der Waals surface area contributed by atoms with E-state index in [1.807, 2.05) is 0 Å². The van der Waals surface area contributed by atoms with E-state index < -0.39 is 0 Å². The lowest BCUT2D eigenvalue weighted by Gasteiger charge is -2.39. The molecular weight excluding hydrogens is 625 g/mol. The van der Waals surface area contributed by atoms with E-state index >= 15 is 0 Å². The maximum Gasteiger partial charge on any atom is 0.243 e. The van der Waals surface area contributed by atoms with Crippen LogP contribution >= 0.6 is 11.3 Å². The van der Waals surface area contributed by atoms with Gasteiger partial charge in [0, 0.05) is 41.0 Å². The minimum absolute atomic E-state index is 0.201. The molecule has 3 fully saturated rings. The van der Waals surface area contributed by atoms with Crippen molar-refractivity contribution in [1.29, 1.82) is 5.26 Å². The van der Waals surface area contributed by atoms with Crippen LogP contribution in [0.5, 0.6) is 5.88 Å². The number of thiophene rings is 1. The van der Waals surface area contributed by atoms with Crippen molar-refractivity contribution in [3.63, 3.8) is 0 Å². The van der Waals surface area contributed by atoms with Gasteiger partial charge in [0.15, 0.2) is 5.82 Å². The second-order valence-electron chi connectivity index (χ2n) is 15.0. The first-order valence-electron chi connectivity index (χ1n) is 18.2. The van der Waals surface area contributed by atoms with Crippen LogP contribution in [0.3, 0.4) is 0 Å². The number of likely N-dealkylation sites (tertiary alicyclic amines) is 1. The van der Waals surface area contributed by atoms with E-state index in [9.17, 15) is 5.26 Å². The second-order valence-corrected chi connectivity index (χ2v) is 16.2. The molecule has 0 unspecified atom stereocenters. The Balaban J connectivity index is 1.13. The highest BCUT2D eigenvalue weighted by Crippen LogP contribution is 2.55.